The van der Waals surface area contributed by atoms with Crippen LogP contribution in [0.1, 0.15) is 47.0 Å². The van der Waals surface area contributed by atoms with Gasteiger partial charge in [0.25, 0.3) is 0 Å². The van der Waals surface area contributed by atoms with Crippen LogP contribution in [-0.4, -0.2) is 0 Å². The minimum absolute atomic E-state index is 0.907. The summed E-state index contributed by atoms with van der Waals surface area (Å²) >= 11 is 0. The zero-order valence-electron chi connectivity index (χ0n) is 8.43. The first-order valence-corrected chi connectivity index (χ1v) is 5.16. The molecule has 0 nitrogen and oxygen atoms in total. The largest absolute Gasteiger partial charge is 0.0654 e. The van der Waals surface area contributed by atoms with Crippen molar-refractivity contribution >= 4 is 0 Å². The van der Waals surface area contributed by atoms with Gasteiger partial charge in [0.2, 0.25) is 0 Å². The smallest absolute Gasteiger partial charge is 0.0355 e. The molecule has 0 amide bonds. The molecule has 0 aliphatic heterocycles. The highest BCUT2D eigenvalue weighted by Gasteiger charge is 2.39. The van der Waals surface area contributed by atoms with Gasteiger partial charge >= 0.3 is 0 Å². The van der Waals surface area contributed by atoms with E-state index in [0.717, 1.165) is 23.7 Å². The van der Waals surface area contributed by atoms with Gasteiger partial charge in [-0.2, -0.15) is 0 Å². The summed E-state index contributed by atoms with van der Waals surface area (Å²) in [6, 6.07) is 0. The van der Waals surface area contributed by atoms with Crippen molar-refractivity contribution in [3.8, 4) is 0 Å². The van der Waals surface area contributed by atoms with Gasteiger partial charge in [-0.3, -0.25) is 0 Å². The molecular weight excluding hydrogens is 132 g/mol. The monoisotopic (exact) mass is 154 g/mol. The lowest BCUT2D eigenvalue weighted by atomic mass is 9.86. The zero-order chi connectivity index (χ0) is 8.43. The molecule has 0 N–H and O–H groups in total. The molecular formula is C11H22. The molecule has 0 aromatic rings. The van der Waals surface area contributed by atoms with Gasteiger partial charge in [0.15, 0.2) is 0 Å². The van der Waals surface area contributed by atoms with Crippen LogP contribution in [0, 0.1) is 23.7 Å². The zero-order valence-corrected chi connectivity index (χ0v) is 8.43. The van der Waals surface area contributed by atoms with Crippen molar-refractivity contribution in [2.24, 2.45) is 23.7 Å². The maximum absolute atomic E-state index is 2.40. The molecule has 0 aromatic heterocycles. The number of hydrogen-bond acceptors (Lipinski definition) is 0. The van der Waals surface area contributed by atoms with E-state index < -0.39 is 0 Å². The molecule has 1 fully saturated rings. The molecule has 0 spiro atoms. The molecule has 0 aromatic carbocycles. The molecule has 1 rings (SSSR count). The van der Waals surface area contributed by atoms with Gasteiger partial charge in [-0.1, -0.05) is 40.5 Å². The minimum Gasteiger partial charge on any atom is -0.0654 e. The van der Waals surface area contributed by atoms with Gasteiger partial charge in [-0.05, 0) is 30.1 Å². The molecule has 11 heavy (non-hydrogen) atoms. The fourth-order valence-corrected chi connectivity index (χ4v) is 2.32. The molecule has 0 radical (unpaired) electrons. The summed E-state index contributed by atoms with van der Waals surface area (Å²) in [6.45, 7) is 9.47. The van der Waals surface area contributed by atoms with Crippen LogP contribution in [0.4, 0.5) is 0 Å². The van der Waals surface area contributed by atoms with E-state index in [-0.39, 0.29) is 0 Å². The second-order valence-electron chi connectivity index (χ2n) is 4.57. The van der Waals surface area contributed by atoms with Crippen LogP contribution in [0.15, 0.2) is 0 Å². The summed E-state index contributed by atoms with van der Waals surface area (Å²) < 4.78 is 0. The predicted molar refractivity (Wildman–Crippen MR) is 50.5 cm³/mol. The first-order chi connectivity index (χ1) is 5.16. The average molecular weight is 154 g/mol. The molecule has 3 unspecified atom stereocenters. The molecule has 0 bridgehead atoms. The Balaban J connectivity index is 2.34. The van der Waals surface area contributed by atoms with Crippen LogP contribution in [0.2, 0.25) is 0 Å². The maximum Gasteiger partial charge on any atom is -0.0355 e. The maximum atomic E-state index is 2.40. The highest BCUT2D eigenvalue weighted by molar-refractivity contribution is 4.89. The fraction of sp³-hybridized carbons (Fsp3) is 1.00. The van der Waals surface area contributed by atoms with E-state index in [0.29, 0.717) is 0 Å². The van der Waals surface area contributed by atoms with Crippen molar-refractivity contribution in [1.82, 2.24) is 0 Å². The van der Waals surface area contributed by atoms with E-state index in [4.69, 9.17) is 0 Å². The number of rotatable bonds is 4. The SMILES string of the molecule is CCCC(C(C)C)C1CC1C. The van der Waals surface area contributed by atoms with Crippen molar-refractivity contribution in [3.05, 3.63) is 0 Å². The van der Waals surface area contributed by atoms with E-state index in [1.54, 1.807) is 0 Å². The quantitative estimate of drug-likeness (QED) is 0.579. The molecule has 0 heteroatoms. The van der Waals surface area contributed by atoms with Gasteiger partial charge in [0.1, 0.15) is 0 Å². The third kappa shape index (κ3) is 2.21. The van der Waals surface area contributed by atoms with E-state index in [2.05, 4.69) is 27.7 Å². The van der Waals surface area contributed by atoms with Crippen molar-refractivity contribution in [3.63, 3.8) is 0 Å². The lowest BCUT2D eigenvalue weighted by Crippen LogP contribution is -2.11. The highest BCUT2D eigenvalue weighted by Crippen LogP contribution is 2.48. The van der Waals surface area contributed by atoms with Crippen LogP contribution < -0.4 is 0 Å². The van der Waals surface area contributed by atoms with Gasteiger partial charge in [0, 0.05) is 0 Å². The van der Waals surface area contributed by atoms with Crippen LogP contribution in [-0.2, 0) is 0 Å². The Morgan fingerprint density at radius 3 is 2.18 bits per heavy atom. The minimum atomic E-state index is 0.907. The third-order valence-electron chi connectivity index (χ3n) is 3.20. The first kappa shape index (κ1) is 9.09. The lowest BCUT2D eigenvalue weighted by molar-refractivity contribution is 0.303. The van der Waals surface area contributed by atoms with Crippen LogP contribution in [0.25, 0.3) is 0 Å². The lowest BCUT2D eigenvalue weighted by Gasteiger charge is -2.19. The Morgan fingerprint density at radius 1 is 1.36 bits per heavy atom. The summed E-state index contributed by atoms with van der Waals surface area (Å²) in [7, 11) is 0. The van der Waals surface area contributed by atoms with Gasteiger partial charge in [0.05, 0.1) is 0 Å². The van der Waals surface area contributed by atoms with Crippen LogP contribution in [0.5, 0.6) is 0 Å². The summed E-state index contributed by atoms with van der Waals surface area (Å²) in [5.41, 5.74) is 0. The predicted octanol–water partition coefficient (Wildman–Crippen LogP) is 3.71. The normalized spacial score (nSPS) is 32.5. The second kappa shape index (κ2) is 3.60. The molecule has 0 heterocycles. The molecule has 3 atom stereocenters. The summed E-state index contributed by atoms with van der Waals surface area (Å²) in [4.78, 5) is 0. The van der Waals surface area contributed by atoms with Gasteiger partial charge in [-0.15, -0.1) is 0 Å². The summed E-state index contributed by atoms with van der Waals surface area (Å²) in [5.74, 6) is 4.05. The Hall–Kier alpha value is 0. The van der Waals surface area contributed by atoms with Gasteiger partial charge in [-0.25, -0.2) is 0 Å². The van der Waals surface area contributed by atoms with Crippen molar-refractivity contribution in [2.45, 2.75) is 47.0 Å². The summed E-state index contributed by atoms with van der Waals surface area (Å²) in [5, 5.41) is 0. The van der Waals surface area contributed by atoms with Gasteiger partial charge < -0.3 is 0 Å². The van der Waals surface area contributed by atoms with E-state index in [9.17, 15) is 0 Å². The Bertz CT molecular complexity index is 115. The standard InChI is InChI=1S/C11H22/c1-5-6-10(8(2)3)11-7-9(11)4/h8-11H,5-7H2,1-4H3. The van der Waals surface area contributed by atoms with E-state index in [1.165, 1.54) is 19.3 Å². The highest BCUT2D eigenvalue weighted by atomic mass is 14.4. The van der Waals surface area contributed by atoms with E-state index in [1.807, 2.05) is 0 Å². The molecule has 1 aliphatic rings. The molecule has 1 saturated carbocycles. The first-order valence-electron chi connectivity index (χ1n) is 5.16. The molecule has 1 aliphatic carbocycles. The van der Waals surface area contributed by atoms with Crippen molar-refractivity contribution < 1.29 is 0 Å². The molecule has 0 saturated heterocycles. The van der Waals surface area contributed by atoms with Crippen LogP contribution in [0.3, 0.4) is 0 Å². The van der Waals surface area contributed by atoms with Crippen molar-refractivity contribution in [2.75, 3.05) is 0 Å². The average Bonchev–Trinajstić information content (AvgIpc) is 2.61. The van der Waals surface area contributed by atoms with E-state index >= 15 is 0 Å². The third-order valence-corrected chi connectivity index (χ3v) is 3.20. The topological polar surface area (TPSA) is 0 Å². The Morgan fingerprint density at radius 2 is 1.91 bits per heavy atom. The van der Waals surface area contributed by atoms with Crippen LogP contribution >= 0.6 is 0 Å². The summed E-state index contributed by atoms with van der Waals surface area (Å²) in [6.07, 6.45) is 4.32. The fourth-order valence-electron chi connectivity index (χ4n) is 2.32. The second-order valence-corrected chi connectivity index (χ2v) is 4.57. The Kier molecular flexibility index (Phi) is 2.98. The van der Waals surface area contributed by atoms with Crippen molar-refractivity contribution in [1.29, 1.82) is 0 Å². The molecule has 66 valence electrons. The number of hydrogen-bond donors (Lipinski definition) is 0. The Labute approximate surface area is 71.4 Å².